The molecule has 4 heteroatoms. The lowest BCUT2D eigenvalue weighted by Crippen LogP contribution is -2.19. The Morgan fingerprint density at radius 3 is 2.50 bits per heavy atom. The maximum Gasteiger partial charge on any atom is 0.239 e. The van der Waals surface area contributed by atoms with Gasteiger partial charge in [0.15, 0.2) is 0 Å². The summed E-state index contributed by atoms with van der Waals surface area (Å²) < 4.78 is 0. The summed E-state index contributed by atoms with van der Waals surface area (Å²) in [5, 5.41) is 6.93. The van der Waals surface area contributed by atoms with Crippen molar-refractivity contribution < 1.29 is 0 Å². The molecule has 0 bridgehead atoms. The number of H-pyrrole nitrogens is 1. The normalized spacial score (nSPS) is 25.4. The molecule has 2 fully saturated rings. The minimum absolute atomic E-state index is 0.334. The van der Waals surface area contributed by atoms with Crippen LogP contribution in [-0.2, 0) is 5.41 Å². The summed E-state index contributed by atoms with van der Waals surface area (Å²) in [5.74, 6) is 2.26. The molecule has 1 aromatic rings. The summed E-state index contributed by atoms with van der Waals surface area (Å²) >= 11 is 0. The largest absolute Gasteiger partial charge is 0.367 e. The molecular weight excluding hydrogens is 176 g/mol. The Hall–Kier alpha value is -1.06. The van der Waals surface area contributed by atoms with Crippen molar-refractivity contribution in [2.24, 2.45) is 5.92 Å². The van der Waals surface area contributed by atoms with Gasteiger partial charge in [-0.3, -0.25) is 5.10 Å². The molecule has 14 heavy (non-hydrogen) atoms. The predicted molar refractivity (Wildman–Crippen MR) is 53.7 cm³/mol. The Morgan fingerprint density at radius 2 is 2.00 bits per heavy atom. The third kappa shape index (κ3) is 1.06. The summed E-state index contributed by atoms with van der Waals surface area (Å²) in [6.45, 7) is 0. The Kier molecular flexibility index (Phi) is 1.60. The van der Waals surface area contributed by atoms with Crippen molar-refractivity contribution in [3.05, 3.63) is 5.82 Å². The maximum absolute atomic E-state index is 5.55. The molecule has 0 amide bonds. The van der Waals surface area contributed by atoms with E-state index in [1.807, 2.05) is 0 Å². The lowest BCUT2D eigenvalue weighted by Gasteiger charge is -2.19. The molecule has 2 aliphatic rings. The number of anilines is 1. The van der Waals surface area contributed by atoms with Crippen molar-refractivity contribution in [3.63, 3.8) is 0 Å². The summed E-state index contributed by atoms with van der Waals surface area (Å²) in [7, 11) is 0. The molecule has 4 nitrogen and oxygen atoms in total. The van der Waals surface area contributed by atoms with E-state index in [-0.39, 0.29) is 0 Å². The Morgan fingerprint density at radius 1 is 1.29 bits per heavy atom. The van der Waals surface area contributed by atoms with Crippen molar-refractivity contribution >= 4 is 5.95 Å². The second-order valence-corrected chi connectivity index (χ2v) is 4.68. The third-order valence-electron chi connectivity index (χ3n) is 3.90. The van der Waals surface area contributed by atoms with Crippen LogP contribution in [-0.4, -0.2) is 15.2 Å². The van der Waals surface area contributed by atoms with Gasteiger partial charge >= 0.3 is 0 Å². The van der Waals surface area contributed by atoms with Gasteiger partial charge in [0, 0.05) is 5.41 Å². The zero-order chi connectivity index (χ0) is 9.60. The highest BCUT2D eigenvalue weighted by atomic mass is 15.3. The van der Waals surface area contributed by atoms with Crippen LogP contribution in [0.1, 0.15) is 44.3 Å². The summed E-state index contributed by atoms with van der Waals surface area (Å²) in [4.78, 5) is 4.30. The van der Waals surface area contributed by atoms with Crippen LogP contribution in [0.25, 0.3) is 0 Å². The quantitative estimate of drug-likeness (QED) is 0.748. The number of nitrogens with one attached hydrogen (secondary N) is 1. The first kappa shape index (κ1) is 8.26. The van der Waals surface area contributed by atoms with Gasteiger partial charge in [0.1, 0.15) is 5.82 Å². The van der Waals surface area contributed by atoms with E-state index in [0.29, 0.717) is 11.4 Å². The number of nitrogens with two attached hydrogens (primary N) is 1. The van der Waals surface area contributed by atoms with Crippen LogP contribution in [0.3, 0.4) is 0 Å². The third-order valence-corrected chi connectivity index (χ3v) is 3.90. The Balaban J connectivity index is 1.89. The van der Waals surface area contributed by atoms with Crippen molar-refractivity contribution in [1.82, 2.24) is 15.2 Å². The first-order chi connectivity index (χ1) is 6.81. The molecule has 2 aliphatic carbocycles. The van der Waals surface area contributed by atoms with Gasteiger partial charge in [0.2, 0.25) is 5.95 Å². The van der Waals surface area contributed by atoms with Crippen LogP contribution >= 0.6 is 0 Å². The second kappa shape index (κ2) is 2.72. The molecule has 0 atom stereocenters. The smallest absolute Gasteiger partial charge is 0.239 e. The van der Waals surface area contributed by atoms with Crippen molar-refractivity contribution in [2.45, 2.75) is 43.9 Å². The minimum Gasteiger partial charge on any atom is -0.367 e. The van der Waals surface area contributed by atoms with Gasteiger partial charge in [0.25, 0.3) is 0 Å². The molecule has 3 rings (SSSR count). The van der Waals surface area contributed by atoms with Gasteiger partial charge in [0.05, 0.1) is 0 Å². The number of aromatic amines is 1. The lowest BCUT2D eigenvalue weighted by molar-refractivity contribution is 0.399. The number of hydrogen-bond donors (Lipinski definition) is 2. The van der Waals surface area contributed by atoms with E-state index in [1.165, 1.54) is 38.5 Å². The fourth-order valence-electron chi connectivity index (χ4n) is 2.95. The van der Waals surface area contributed by atoms with Crippen LogP contribution < -0.4 is 5.73 Å². The van der Waals surface area contributed by atoms with Gasteiger partial charge in [-0.2, -0.15) is 4.98 Å². The van der Waals surface area contributed by atoms with Gasteiger partial charge in [-0.15, -0.1) is 5.10 Å². The summed E-state index contributed by atoms with van der Waals surface area (Å²) in [5.41, 5.74) is 5.88. The number of aromatic nitrogens is 3. The molecular formula is C10H16N4. The fourth-order valence-corrected chi connectivity index (χ4v) is 2.95. The number of hydrogen-bond acceptors (Lipinski definition) is 3. The standard InChI is InChI=1S/C10H16N4/c11-9-12-8(13-14-9)10(5-6-10)7-3-1-2-4-7/h7H,1-6H2,(H3,11,12,13,14). The minimum atomic E-state index is 0.334. The zero-order valence-corrected chi connectivity index (χ0v) is 8.29. The molecule has 1 heterocycles. The van der Waals surface area contributed by atoms with E-state index < -0.39 is 0 Å². The molecule has 0 saturated heterocycles. The number of nitrogen functional groups attached to an aromatic ring is 1. The topological polar surface area (TPSA) is 67.6 Å². The molecule has 76 valence electrons. The molecule has 0 aromatic carbocycles. The molecule has 0 aliphatic heterocycles. The van der Waals surface area contributed by atoms with E-state index in [9.17, 15) is 0 Å². The molecule has 2 saturated carbocycles. The predicted octanol–water partition coefficient (Wildman–Crippen LogP) is 1.61. The Labute approximate surface area is 83.3 Å². The average Bonchev–Trinajstić information content (AvgIpc) is 2.68. The SMILES string of the molecule is Nc1n[nH]c(C2(C3CCCC3)CC2)n1. The van der Waals surface area contributed by atoms with E-state index >= 15 is 0 Å². The molecule has 1 aromatic heterocycles. The molecule has 3 N–H and O–H groups in total. The van der Waals surface area contributed by atoms with Gasteiger partial charge in [-0.1, -0.05) is 12.8 Å². The zero-order valence-electron chi connectivity index (χ0n) is 8.29. The van der Waals surface area contributed by atoms with Gasteiger partial charge in [-0.05, 0) is 31.6 Å². The van der Waals surface area contributed by atoms with Gasteiger partial charge in [-0.25, -0.2) is 0 Å². The van der Waals surface area contributed by atoms with E-state index in [1.54, 1.807) is 0 Å². The molecule has 0 radical (unpaired) electrons. The second-order valence-electron chi connectivity index (χ2n) is 4.68. The molecule has 0 spiro atoms. The highest BCUT2D eigenvalue weighted by Gasteiger charge is 2.53. The highest BCUT2D eigenvalue weighted by molar-refractivity contribution is 5.25. The number of nitrogens with zero attached hydrogens (tertiary/aromatic N) is 2. The van der Waals surface area contributed by atoms with Gasteiger partial charge < -0.3 is 5.73 Å². The van der Waals surface area contributed by atoms with Crippen LogP contribution in [0, 0.1) is 5.92 Å². The van der Waals surface area contributed by atoms with E-state index in [0.717, 1.165) is 11.7 Å². The molecule has 0 unspecified atom stereocenters. The van der Waals surface area contributed by atoms with Crippen LogP contribution in [0.2, 0.25) is 0 Å². The average molecular weight is 192 g/mol. The van der Waals surface area contributed by atoms with E-state index in [2.05, 4.69) is 15.2 Å². The van der Waals surface area contributed by atoms with E-state index in [4.69, 9.17) is 5.73 Å². The van der Waals surface area contributed by atoms with Crippen LogP contribution in [0.4, 0.5) is 5.95 Å². The first-order valence-corrected chi connectivity index (χ1v) is 5.50. The summed E-state index contributed by atoms with van der Waals surface area (Å²) in [6.07, 6.45) is 8.03. The number of rotatable bonds is 2. The van der Waals surface area contributed by atoms with Crippen LogP contribution in [0.5, 0.6) is 0 Å². The monoisotopic (exact) mass is 192 g/mol. The van der Waals surface area contributed by atoms with Crippen LogP contribution in [0.15, 0.2) is 0 Å². The van der Waals surface area contributed by atoms with Crippen molar-refractivity contribution in [3.8, 4) is 0 Å². The van der Waals surface area contributed by atoms with Crippen molar-refractivity contribution in [1.29, 1.82) is 0 Å². The van der Waals surface area contributed by atoms with Crippen molar-refractivity contribution in [2.75, 3.05) is 5.73 Å². The maximum atomic E-state index is 5.55. The highest BCUT2D eigenvalue weighted by Crippen LogP contribution is 2.57. The first-order valence-electron chi connectivity index (χ1n) is 5.50. The fraction of sp³-hybridized carbons (Fsp3) is 0.800. The lowest BCUT2D eigenvalue weighted by atomic mass is 9.87. The summed E-state index contributed by atoms with van der Waals surface area (Å²) in [6, 6.07) is 0. The Bertz CT molecular complexity index is 334.